The lowest BCUT2D eigenvalue weighted by Crippen LogP contribution is -2.00. The smallest absolute Gasteiger partial charge is 0.193 e. The van der Waals surface area contributed by atoms with Crippen molar-refractivity contribution in [1.82, 2.24) is 0 Å². The zero-order valence-electron chi connectivity index (χ0n) is 10.9. The molecule has 1 heterocycles. The van der Waals surface area contributed by atoms with Crippen molar-refractivity contribution in [3.8, 4) is 11.5 Å². The second-order valence-corrected chi connectivity index (χ2v) is 4.23. The number of anilines is 1. The number of hydrogen-bond donors (Lipinski definition) is 1. The van der Waals surface area contributed by atoms with Crippen LogP contribution in [0.5, 0.6) is 11.5 Å². The molecule has 0 amide bonds. The molecule has 2 aromatic rings. The highest BCUT2D eigenvalue weighted by Crippen LogP contribution is 2.30. The Kier molecular flexibility index (Phi) is 4.58. The topological polar surface area (TPSA) is 43.6 Å². The summed E-state index contributed by atoms with van der Waals surface area (Å²) in [5, 5.41) is 3.63. The molecule has 102 valence electrons. The van der Waals surface area contributed by atoms with Crippen LogP contribution in [0.3, 0.4) is 0 Å². The van der Waals surface area contributed by atoms with Crippen molar-refractivity contribution in [3.63, 3.8) is 0 Å². The summed E-state index contributed by atoms with van der Waals surface area (Å²) >= 11 is 5.72. The average molecular weight is 282 g/mol. The molecular formula is C14H16ClNO3. The minimum atomic E-state index is 0.390. The molecule has 0 fully saturated rings. The standard InChI is InChI=1S/C14H16ClNO3/c1-3-18-13-8-10(4-6-12(13)17-2)16-9-11-5-7-14(15)19-11/h4-8,16H,3,9H2,1-2H3. The molecular weight excluding hydrogens is 266 g/mol. The van der Waals surface area contributed by atoms with Crippen molar-refractivity contribution < 1.29 is 13.9 Å². The molecule has 19 heavy (non-hydrogen) atoms. The number of ether oxygens (including phenoxy) is 2. The third kappa shape index (κ3) is 3.58. The highest BCUT2D eigenvalue weighted by molar-refractivity contribution is 6.28. The SMILES string of the molecule is CCOc1cc(NCc2ccc(Cl)o2)ccc1OC. The van der Waals surface area contributed by atoms with E-state index in [0.717, 1.165) is 11.4 Å². The van der Waals surface area contributed by atoms with Gasteiger partial charge in [-0.3, -0.25) is 0 Å². The van der Waals surface area contributed by atoms with Crippen molar-refractivity contribution in [2.75, 3.05) is 19.0 Å². The number of nitrogens with one attached hydrogen (secondary N) is 1. The van der Waals surface area contributed by atoms with Gasteiger partial charge in [-0.25, -0.2) is 0 Å². The van der Waals surface area contributed by atoms with E-state index in [4.69, 9.17) is 25.5 Å². The summed E-state index contributed by atoms with van der Waals surface area (Å²) in [6.07, 6.45) is 0. The van der Waals surface area contributed by atoms with Gasteiger partial charge in [0, 0.05) is 11.8 Å². The molecule has 0 aliphatic rings. The van der Waals surface area contributed by atoms with Crippen LogP contribution in [-0.2, 0) is 6.54 Å². The van der Waals surface area contributed by atoms with Gasteiger partial charge in [-0.2, -0.15) is 0 Å². The number of benzene rings is 1. The summed E-state index contributed by atoms with van der Waals surface area (Å²) in [4.78, 5) is 0. The van der Waals surface area contributed by atoms with Crippen LogP contribution in [0.1, 0.15) is 12.7 Å². The molecule has 0 radical (unpaired) electrons. The average Bonchev–Trinajstić information content (AvgIpc) is 2.83. The van der Waals surface area contributed by atoms with E-state index in [0.29, 0.717) is 29.9 Å². The van der Waals surface area contributed by atoms with Crippen LogP contribution in [0.15, 0.2) is 34.7 Å². The zero-order chi connectivity index (χ0) is 13.7. The molecule has 0 bridgehead atoms. The molecule has 0 unspecified atom stereocenters. The minimum absolute atomic E-state index is 0.390. The molecule has 0 saturated carbocycles. The monoisotopic (exact) mass is 281 g/mol. The van der Waals surface area contributed by atoms with Gasteiger partial charge in [-0.1, -0.05) is 0 Å². The lowest BCUT2D eigenvalue weighted by molar-refractivity contribution is 0.311. The zero-order valence-corrected chi connectivity index (χ0v) is 11.7. The second-order valence-electron chi connectivity index (χ2n) is 3.86. The van der Waals surface area contributed by atoms with Crippen molar-refractivity contribution in [2.45, 2.75) is 13.5 Å². The maximum Gasteiger partial charge on any atom is 0.193 e. The van der Waals surface area contributed by atoms with Gasteiger partial charge in [-0.15, -0.1) is 0 Å². The molecule has 0 atom stereocenters. The fourth-order valence-electron chi connectivity index (χ4n) is 1.69. The molecule has 0 aliphatic carbocycles. The van der Waals surface area contributed by atoms with Gasteiger partial charge in [0.25, 0.3) is 0 Å². The molecule has 1 aromatic carbocycles. The number of halogens is 1. The van der Waals surface area contributed by atoms with Gasteiger partial charge in [-0.05, 0) is 42.8 Å². The first kappa shape index (κ1) is 13.6. The van der Waals surface area contributed by atoms with E-state index in [9.17, 15) is 0 Å². The van der Waals surface area contributed by atoms with Crippen LogP contribution in [0.25, 0.3) is 0 Å². The molecule has 0 spiro atoms. The van der Waals surface area contributed by atoms with Crippen LogP contribution in [0.2, 0.25) is 5.22 Å². The van der Waals surface area contributed by atoms with Crippen LogP contribution in [0.4, 0.5) is 5.69 Å². The lowest BCUT2D eigenvalue weighted by Gasteiger charge is -2.11. The Balaban J connectivity index is 2.05. The van der Waals surface area contributed by atoms with Gasteiger partial charge in [0.1, 0.15) is 5.76 Å². The Morgan fingerprint density at radius 2 is 2.05 bits per heavy atom. The van der Waals surface area contributed by atoms with E-state index >= 15 is 0 Å². The van der Waals surface area contributed by atoms with E-state index in [1.54, 1.807) is 13.2 Å². The Morgan fingerprint density at radius 1 is 1.21 bits per heavy atom. The summed E-state index contributed by atoms with van der Waals surface area (Å²) in [6.45, 7) is 3.09. The molecule has 0 saturated heterocycles. The molecule has 0 aliphatic heterocycles. The minimum Gasteiger partial charge on any atom is -0.493 e. The molecule has 4 nitrogen and oxygen atoms in total. The normalized spacial score (nSPS) is 10.3. The van der Waals surface area contributed by atoms with E-state index < -0.39 is 0 Å². The summed E-state index contributed by atoms with van der Waals surface area (Å²) < 4.78 is 16.0. The van der Waals surface area contributed by atoms with Gasteiger partial charge >= 0.3 is 0 Å². The molecule has 1 aromatic heterocycles. The predicted octanol–water partition coefficient (Wildman–Crippen LogP) is 3.95. The highest BCUT2D eigenvalue weighted by Gasteiger charge is 2.06. The van der Waals surface area contributed by atoms with Crippen LogP contribution < -0.4 is 14.8 Å². The van der Waals surface area contributed by atoms with E-state index in [1.165, 1.54) is 0 Å². The Hall–Kier alpha value is -1.81. The Morgan fingerprint density at radius 3 is 2.68 bits per heavy atom. The highest BCUT2D eigenvalue weighted by atomic mass is 35.5. The lowest BCUT2D eigenvalue weighted by atomic mass is 10.2. The number of furan rings is 1. The first-order valence-corrected chi connectivity index (χ1v) is 6.39. The molecule has 2 rings (SSSR count). The number of hydrogen-bond acceptors (Lipinski definition) is 4. The van der Waals surface area contributed by atoms with E-state index in [-0.39, 0.29) is 0 Å². The van der Waals surface area contributed by atoms with Crippen molar-refractivity contribution >= 4 is 17.3 Å². The maximum absolute atomic E-state index is 5.72. The van der Waals surface area contributed by atoms with E-state index in [2.05, 4.69) is 5.32 Å². The maximum atomic E-state index is 5.72. The quantitative estimate of drug-likeness (QED) is 0.870. The fraction of sp³-hybridized carbons (Fsp3) is 0.286. The first-order valence-electron chi connectivity index (χ1n) is 6.02. The van der Waals surface area contributed by atoms with Crippen molar-refractivity contribution in [1.29, 1.82) is 0 Å². The van der Waals surface area contributed by atoms with Crippen LogP contribution >= 0.6 is 11.6 Å². The van der Waals surface area contributed by atoms with Crippen LogP contribution in [0, 0.1) is 0 Å². The predicted molar refractivity (Wildman–Crippen MR) is 75.2 cm³/mol. The number of rotatable bonds is 6. The van der Waals surface area contributed by atoms with E-state index in [1.807, 2.05) is 31.2 Å². The molecule has 1 N–H and O–H groups in total. The van der Waals surface area contributed by atoms with Gasteiger partial charge in [0.2, 0.25) is 0 Å². The molecule has 5 heteroatoms. The van der Waals surface area contributed by atoms with Gasteiger partial charge < -0.3 is 19.2 Å². The third-order valence-electron chi connectivity index (χ3n) is 2.56. The Bertz CT molecular complexity index is 539. The van der Waals surface area contributed by atoms with Crippen molar-refractivity contribution in [3.05, 3.63) is 41.3 Å². The van der Waals surface area contributed by atoms with Crippen molar-refractivity contribution in [2.24, 2.45) is 0 Å². The summed E-state index contributed by atoms with van der Waals surface area (Å²) in [5.74, 6) is 2.21. The van der Waals surface area contributed by atoms with Gasteiger partial charge in [0.05, 0.1) is 20.3 Å². The third-order valence-corrected chi connectivity index (χ3v) is 2.76. The number of methoxy groups -OCH3 is 1. The second kappa shape index (κ2) is 6.38. The Labute approximate surface area is 117 Å². The first-order chi connectivity index (χ1) is 9.22. The summed E-state index contributed by atoms with van der Waals surface area (Å²) in [5.41, 5.74) is 0.928. The summed E-state index contributed by atoms with van der Waals surface area (Å²) in [6, 6.07) is 9.24. The van der Waals surface area contributed by atoms with Crippen LogP contribution in [-0.4, -0.2) is 13.7 Å². The largest absolute Gasteiger partial charge is 0.493 e. The van der Waals surface area contributed by atoms with Gasteiger partial charge in [0.15, 0.2) is 16.7 Å². The summed E-state index contributed by atoms with van der Waals surface area (Å²) in [7, 11) is 1.62. The fourth-order valence-corrected chi connectivity index (χ4v) is 1.85.